The lowest BCUT2D eigenvalue weighted by Crippen LogP contribution is -2.27. The Labute approximate surface area is 94.5 Å². The van der Waals surface area contributed by atoms with Gasteiger partial charge in [-0.15, -0.1) is 0 Å². The summed E-state index contributed by atoms with van der Waals surface area (Å²) in [5, 5.41) is 2.69. The van der Waals surface area contributed by atoms with Gasteiger partial charge >= 0.3 is 0 Å². The molecule has 16 heavy (non-hydrogen) atoms. The molecule has 0 unspecified atom stereocenters. The Hall–Kier alpha value is -1.75. The summed E-state index contributed by atoms with van der Waals surface area (Å²) in [4.78, 5) is 11.7. The van der Waals surface area contributed by atoms with Gasteiger partial charge < -0.3 is 20.5 Å². The minimum absolute atomic E-state index is 0.228. The number of nitrogen functional groups attached to an aromatic ring is 1. The highest BCUT2D eigenvalue weighted by molar-refractivity contribution is 5.99. The molecular weight excluding hydrogens is 208 g/mol. The average Bonchev–Trinajstić information content (AvgIpc) is 2.30. The highest BCUT2D eigenvalue weighted by Crippen LogP contribution is 2.19. The summed E-state index contributed by atoms with van der Waals surface area (Å²) in [6.45, 7) is 0.918. The standard InChI is InChI=1S/C11H16N2O3/c1-15-6-5-13-11(14)9-7-8(16-2)3-4-10(9)12/h3-4,7H,5-6,12H2,1-2H3,(H,13,14). The maximum atomic E-state index is 11.7. The van der Waals surface area contributed by atoms with Crippen LogP contribution in [0.4, 0.5) is 5.69 Å². The van der Waals surface area contributed by atoms with Crippen molar-refractivity contribution in [2.24, 2.45) is 0 Å². The summed E-state index contributed by atoms with van der Waals surface area (Å²) in [5.74, 6) is 0.375. The zero-order chi connectivity index (χ0) is 12.0. The number of hydrogen-bond acceptors (Lipinski definition) is 4. The number of rotatable bonds is 5. The lowest BCUT2D eigenvalue weighted by molar-refractivity contribution is 0.0937. The van der Waals surface area contributed by atoms with Crippen molar-refractivity contribution in [1.29, 1.82) is 0 Å². The number of anilines is 1. The van der Waals surface area contributed by atoms with Gasteiger partial charge in [0.15, 0.2) is 0 Å². The second-order valence-corrected chi connectivity index (χ2v) is 3.20. The Bertz CT molecular complexity index is 366. The summed E-state index contributed by atoms with van der Waals surface area (Å²) in [5.41, 5.74) is 6.54. The summed E-state index contributed by atoms with van der Waals surface area (Å²) < 4.78 is 9.86. The molecule has 5 nitrogen and oxygen atoms in total. The molecule has 88 valence electrons. The van der Waals surface area contributed by atoms with Crippen molar-refractivity contribution >= 4 is 11.6 Å². The topological polar surface area (TPSA) is 73.6 Å². The van der Waals surface area contributed by atoms with E-state index in [1.807, 2.05) is 0 Å². The van der Waals surface area contributed by atoms with E-state index in [0.717, 1.165) is 0 Å². The first-order chi connectivity index (χ1) is 7.69. The Balaban J connectivity index is 2.73. The van der Waals surface area contributed by atoms with E-state index >= 15 is 0 Å². The van der Waals surface area contributed by atoms with Gasteiger partial charge in [0.1, 0.15) is 5.75 Å². The van der Waals surface area contributed by atoms with Gasteiger partial charge in [-0.25, -0.2) is 0 Å². The van der Waals surface area contributed by atoms with Gasteiger partial charge in [-0.3, -0.25) is 4.79 Å². The molecule has 0 bridgehead atoms. The number of nitrogens with one attached hydrogen (secondary N) is 1. The zero-order valence-electron chi connectivity index (χ0n) is 9.45. The molecule has 3 N–H and O–H groups in total. The van der Waals surface area contributed by atoms with Gasteiger partial charge in [0.2, 0.25) is 0 Å². The van der Waals surface area contributed by atoms with Crippen molar-refractivity contribution in [1.82, 2.24) is 5.32 Å². The van der Waals surface area contributed by atoms with Crippen LogP contribution in [0.3, 0.4) is 0 Å². The van der Waals surface area contributed by atoms with Crippen LogP contribution in [0.15, 0.2) is 18.2 Å². The maximum absolute atomic E-state index is 11.7. The fourth-order valence-corrected chi connectivity index (χ4v) is 1.22. The number of carbonyl (C=O) groups excluding carboxylic acids is 1. The Kier molecular flexibility index (Phi) is 4.60. The molecule has 0 fully saturated rings. The first-order valence-electron chi connectivity index (χ1n) is 4.89. The van der Waals surface area contributed by atoms with Crippen LogP contribution in [0.1, 0.15) is 10.4 Å². The van der Waals surface area contributed by atoms with Gasteiger partial charge in [-0.1, -0.05) is 0 Å². The highest BCUT2D eigenvalue weighted by Gasteiger charge is 2.10. The van der Waals surface area contributed by atoms with Gasteiger partial charge in [0.05, 0.1) is 19.3 Å². The second kappa shape index (κ2) is 5.97. The van der Waals surface area contributed by atoms with Crippen LogP contribution in [0.2, 0.25) is 0 Å². The largest absolute Gasteiger partial charge is 0.497 e. The van der Waals surface area contributed by atoms with Crippen LogP contribution in [0, 0.1) is 0 Å². The van der Waals surface area contributed by atoms with E-state index in [1.54, 1.807) is 25.3 Å². The molecule has 0 aliphatic carbocycles. The zero-order valence-corrected chi connectivity index (χ0v) is 9.45. The van der Waals surface area contributed by atoms with Gasteiger partial charge in [-0.2, -0.15) is 0 Å². The predicted octanol–water partition coefficient (Wildman–Crippen LogP) is 0.654. The molecule has 1 amide bonds. The molecule has 0 heterocycles. The maximum Gasteiger partial charge on any atom is 0.253 e. The van der Waals surface area contributed by atoms with Crippen LogP contribution < -0.4 is 15.8 Å². The molecule has 0 spiro atoms. The van der Waals surface area contributed by atoms with Gasteiger partial charge in [0.25, 0.3) is 5.91 Å². The van der Waals surface area contributed by atoms with E-state index in [9.17, 15) is 4.79 Å². The van der Waals surface area contributed by atoms with Crippen molar-refractivity contribution in [3.05, 3.63) is 23.8 Å². The number of benzene rings is 1. The van der Waals surface area contributed by atoms with E-state index in [4.69, 9.17) is 15.2 Å². The first kappa shape index (κ1) is 12.3. The summed E-state index contributed by atoms with van der Waals surface area (Å²) in [6, 6.07) is 4.96. The van der Waals surface area contributed by atoms with E-state index < -0.39 is 0 Å². The Morgan fingerprint density at radius 1 is 1.44 bits per heavy atom. The molecular formula is C11H16N2O3. The number of carbonyl (C=O) groups is 1. The van der Waals surface area contributed by atoms with Crippen LogP contribution in [-0.4, -0.2) is 33.3 Å². The molecule has 0 radical (unpaired) electrons. The number of methoxy groups -OCH3 is 2. The molecule has 1 rings (SSSR count). The Morgan fingerprint density at radius 3 is 2.81 bits per heavy atom. The minimum atomic E-state index is -0.228. The SMILES string of the molecule is COCCNC(=O)c1cc(OC)ccc1N. The van der Waals surface area contributed by atoms with Crippen molar-refractivity contribution in [2.75, 3.05) is 33.1 Å². The fraction of sp³-hybridized carbons (Fsp3) is 0.364. The molecule has 0 atom stereocenters. The summed E-state index contributed by atoms with van der Waals surface area (Å²) >= 11 is 0. The van der Waals surface area contributed by atoms with E-state index in [0.29, 0.717) is 30.2 Å². The van der Waals surface area contributed by atoms with E-state index in [1.165, 1.54) is 7.11 Å². The fourth-order valence-electron chi connectivity index (χ4n) is 1.22. The number of amides is 1. The van der Waals surface area contributed by atoms with Crippen LogP contribution in [0.25, 0.3) is 0 Å². The quantitative estimate of drug-likeness (QED) is 0.569. The number of hydrogen-bond donors (Lipinski definition) is 2. The van der Waals surface area contributed by atoms with Crippen LogP contribution >= 0.6 is 0 Å². The highest BCUT2D eigenvalue weighted by atomic mass is 16.5. The van der Waals surface area contributed by atoms with E-state index in [2.05, 4.69) is 5.32 Å². The number of ether oxygens (including phenoxy) is 2. The molecule has 0 saturated heterocycles. The molecule has 0 aliphatic rings. The van der Waals surface area contributed by atoms with Gasteiger partial charge in [-0.05, 0) is 18.2 Å². The van der Waals surface area contributed by atoms with Crippen molar-refractivity contribution in [3.63, 3.8) is 0 Å². The lowest BCUT2D eigenvalue weighted by atomic mass is 10.1. The monoisotopic (exact) mass is 224 g/mol. The molecule has 0 saturated carbocycles. The minimum Gasteiger partial charge on any atom is -0.497 e. The molecule has 1 aromatic rings. The molecule has 1 aromatic carbocycles. The first-order valence-corrected chi connectivity index (χ1v) is 4.89. The lowest BCUT2D eigenvalue weighted by Gasteiger charge is -2.08. The van der Waals surface area contributed by atoms with Crippen molar-refractivity contribution in [3.8, 4) is 5.75 Å². The summed E-state index contributed by atoms with van der Waals surface area (Å²) in [6.07, 6.45) is 0. The van der Waals surface area contributed by atoms with Crippen LogP contribution in [0.5, 0.6) is 5.75 Å². The third kappa shape index (κ3) is 3.13. The third-order valence-corrected chi connectivity index (χ3v) is 2.10. The second-order valence-electron chi connectivity index (χ2n) is 3.20. The third-order valence-electron chi connectivity index (χ3n) is 2.10. The van der Waals surface area contributed by atoms with Gasteiger partial charge in [0, 0.05) is 19.3 Å². The van der Waals surface area contributed by atoms with Crippen molar-refractivity contribution < 1.29 is 14.3 Å². The predicted molar refractivity (Wildman–Crippen MR) is 61.6 cm³/mol. The van der Waals surface area contributed by atoms with Crippen molar-refractivity contribution in [2.45, 2.75) is 0 Å². The summed E-state index contributed by atoms with van der Waals surface area (Å²) in [7, 11) is 3.12. The Morgan fingerprint density at radius 2 is 2.19 bits per heavy atom. The smallest absolute Gasteiger partial charge is 0.253 e. The van der Waals surface area contributed by atoms with E-state index in [-0.39, 0.29) is 5.91 Å². The van der Waals surface area contributed by atoms with Crippen LogP contribution in [-0.2, 0) is 4.74 Å². The average molecular weight is 224 g/mol. The number of nitrogens with two attached hydrogens (primary N) is 1. The normalized spacial score (nSPS) is 9.88. The molecule has 0 aromatic heterocycles. The molecule has 0 aliphatic heterocycles. The molecule has 5 heteroatoms.